The number of nitrogens with zero attached hydrogens (tertiary/aromatic N) is 3. The Hall–Kier alpha value is -1.44. The number of carbonyl (C=O) groups is 1. The quantitative estimate of drug-likeness (QED) is 0.825. The molecule has 0 bridgehead atoms. The first-order chi connectivity index (χ1) is 9.19. The summed E-state index contributed by atoms with van der Waals surface area (Å²) in [5.41, 5.74) is 0.404. The summed E-state index contributed by atoms with van der Waals surface area (Å²) in [6.07, 6.45) is 3.52. The molecule has 1 saturated heterocycles. The first-order valence-electron chi connectivity index (χ1n) is 6.19. The Balaban J connectivity index is 1.75. The number of rotatable bonds is 2. The molecule has 0 saturated carbocycles. The van der Waals surface area contributed by atoms with Gasteiger partial charge in [-0.2, -0.15) is 0 Å². The standard InChI is InChI=1S/C12H15N3O3S/c16-7-8-1-2-14(6-10(8)17)11(18)9-5-15-3-4-19-12(15)13-9/h3-5,8,10,16-17H,1-2,6-7H2/t8-,10+/m1/s1. The van der Waals surface area contributed by atoms with Crippen LogP contribution in [0.4, 0.5) is 0 Å². The Kier molecular flexibility index (Phi) is 3.26. The molecule has 2 aromatic rings. The van der Waals surface area contributed by atoms with E-state index >= 15 is 0 Å². The minimum atomic E-state index is -0.661. The molecule has 0 unspecified atom stereocenters. The van der Waals surface area contributed by atoms with E-state index < -0.39 is 6.10 Å². The Morgan fingerprint density at radius 1 is 1.58 bits per heavy atom. The fourth-order valence-electron chi connectivity index (χ4n) is 2.37. The Morgan fingerprint density at radius 2 is 2.42 bits per heavy atom. The minimum absolute atomic E-state index is 0.0383. The second-order valence-corrected chi connectivity index (χ2v) is 5.64. The summed E-state index contributed by atoms with van der Waals surface area (Å²) < 4.78 is 1.81. The van der Waals surface area contributed by atoms with Crippen molar-refractivity contribution in [3.05, 3.63) is 23.5 Å². The van der Waals surface area contributed by atoms with Gasteiger partial charge >= 0.3 is 0 Å². The molecule has 1 amide bonds. The summed E-state index contributed by atoms with van der Waals surface area (Å²) in [4.78, 5) is 18.9. The molecule has 19 heavy (non-hydrogen) atoms. The van der Waals surface area contributed by atoms with Crippen LogP contribution < -0.4 is 0 Å². The lowest BCUT2D eigenvalue weighted by atomic mass is 9.94. The zero-order valence-electron chi connectivity index (χ0n) is 10.3. The number of likely N-dealkylation sites (tertiary alicyclic amines) is 1. The van der Waals surface area contributed by atoms with Gasteiger partial charge in [0.2, 0.25) is 0 Å². The molecule has 1 aliphatic rings. The number of carbonyl (C=O) groups excluding carboxylic acids is 1. The van der Waals surface area contributed by atoms with Crippen LogP contribution in [0, 0.1) is 5.92 Å². The van der Waals surface area contributed by atoms with Gasteiger partial charge in [-0.1, -0.05) is 0 Å². The van der Waals surface area contributed by atoms with Crippen molar-refractivity contribution in [2.45, 2.75) is 12.5 Å². The molecule has 0 spiro atoms. The highest BCUT2D eigenvalue weighted by atomic mass is 32.1. The molecule has 2 atom stereocenters. The number of hydrogen-bond donors (Lipinski definition) is 2. The van der Waals surface area contributed by atoms with Gasteiger partial charge in [-0.05, 0) is 6.42 Å². The molecule has 2 aromatic heterocycles. The largest absolute Gasteiger partial charge is 0.396 e. The van der Waals surface area contributed by atoms with Crippen molar-refractivity contribution in [2.24, 2.45) is 5.92 Å². The molecule has 1 fully saturated rings. The van der Waals surface area contributed by atoms with E-state index in [9.17, 15) is 9.90 Å². The van der Waals surface area contributed by atoms with E-state index in [4.69, 9.17) is 5.11 Å². The number of amides is 1. The van der Waals surface area contributed by atoms with Crippen molar-refractivity contribution < 1.29 is 15.0 Å². The summed E-state index contributed by atoms with van der Waals surface area (Å²) >= 11 is 1.48. The van der Waals surface area contributed by atoms with Crippen LogP contribution in [0.15, 0.2) is 17.8 Å². The van der Waals surface area contributed by atoms with E-state index in [0.29, 0.717) is 18.7 Å². The van der Waals surface area contributed by atoms with Gasteiger partial charge in [0.25, 0.3) is 5.91 Å². The molecular weight excluding hydrogens is 266 g/mol. The van der Waals surface area contributed by atoms with Gasteiger partial charge in [-0.3, -0.25) is 9.20 Å². The fourth-order valence-corrected chi connectivity index (χ4v) is 3.07. The number of thiazole rings is 1. The van der Waals surface area contributed by atoms with Crippen LogP contribution in [-0.4, -0.2) is 56.2 Å². The van der Waals surface area contributed by atoms with Crippen molar-refractivity contribution in [1.82, 2.24) is 14.3 Å². The SMILES string of the molecule is O=C(c1cn2ccsc2n1)N1CC[C@H](CO)[C@@H](O)C1. The zero-order chi connectivity index (χ0) is 13.4. The van der Waals surface area contributed by atoms with E-state index in [-0.39, 0.29) is 25.0 Å². The van der Waals surface area contributed by atoms with Gasteiger partial charge < -0.3 is 15.1 Å². The maximum atomic E-state index is 12.3. The summed E-state index contributed by atoms with van der Waals surface area (Å²) in [5, 5.41) is 20.9. The molecule has 7 heteroatoms. The summed E-state index contributed by atoms with van der Waals surface area (Å²) in [6, 6.07) is 0. The van der Waals surface area contributed by atoms with E-state index in [0.717, 1.165) is 4.96 Å². The Labute approximate surface area is 113 Å². The number of β-amino-alcohol motifs (C(OH)–C–C–N with tert-alkyl or cyclic N) is 1. The van der Waals surface area contributed by atoms with Crippen molar-refractivity contribution in [1.29, 1.82) is 0 Å². The second kappa shape index (κ2) is 4.92. The Bertz CT molecular complexity index is 565. The molecule has 0 aromatic carbocycles. The smallest absolute Gasteiger partial charge is 0.274 e. The molecule has 3 rings (SSSR count). The average Bonchev–Trinajstić information content (AvgIpc) is 2.98. The first-order valence-corrected chi connectivity index (χ1v) is 7.07. The molecule has 3 heterocycles. The van der Waals surface area contributed by atoms with E-state index in [1.807, 2.05) is 16.0 Å². The van der Waals surface area contributed by atoms with Gasteiger partial charge in [0.1, 0.15) is 5.69 Å². The summed E-state index contributed by atoms with van der Waals surface area (Å²) in [7, 11) is 0. The van der Waals surface area contributed by atoms with Gasteiger partial charge in [0.05, 0.1) is 6.10 Å². The summed E-state index contributed by atoms with van der Waals surface area (Å²) in [6.45, 7) is 0.769. The molecule has 1 aliphatic heterocycles. The highest BCUT2D eigenvalue weighted by molar-refractivity contribution is 7.15. The van der Waals surface area contributed by atoms with Gasteiger partial charge in [-0.15, -0.1) is 11.3 Å². The third-order valence-electron chi connectivity index (χ3n) is 3.56. The lowest BCUT2D eigenvalue weighted by Crippen LogP contribution is -2.47. The Morgan fingerprint density at radius 3 is 3.11 bits per heavy atom. The predicted octanol–water partition coefficient (Wildman–Crippen LogP) is 0.211. The first kappa shape index (κ1) is 12.6. The molecule has 102 valence electrons. The molecule has 6 nitrogen and oxygen atoms in total. The van der Waals surface area contributed by atoms with Crippen molar-refractivity contribution in [3.63, 3.8) is 0 Å². The highest BCUT2D eigenvalue weighted by Crippen LogP contribution is 2.20. The number of hydrogen-bond acceptors (Lipinski definition) is 5. The van der Waals surface area contributed by atoms with Crippen LogP contribution in [0.25, 0.3) is 4.96 Å². The lowest BCUT2D eigenvalue weighted by molar-refractivity contribution is 0.000685. The average molecular weight is 281 g/mol. The van der Waals surface area contributed by atoms with Crippen LogP contribution in [-0.2, 0) is 0 Å². The number of fused-ring (bicyclic) bond motifs is 1. The number of imidazole rings is 1. The number of aliphatic hydroxyl groups is 2. The monoisotopic (exact) mass is 281 g/mol. The number of aromatic nitrogens is 2. The maximum absolute atomic E-state index is 12.3. The molecule has 0 radical (unpaired) electrons. The van der Waals surface area contributed by atoms with Crippen molar-refractivity contribution in [2.75, 3.05) is 19.7 Å². The predicted molar refractivity (Wildman–Crippen MR) is 70.2 cm³/mol. The van der Waals surface area contributed by atoms with Gasteiger partial charge in [0.15, 0.2) is 4.96 Å². The van der Waals surface area contributed by atoms with Crippen molar-refractivity contribution in [3.8, 4) is 0 Å². The normalized spacial score (nSPS) is 24.0. The van der Waals surface area contributed by atoms with Crippen LogP contribution >= 0.6 is 11.3 Å². The minimum Gasteiger partial charge on any atom is -0.396 e. The van der Waals surface area contributed by atoms with Crippen LogP contribution in [0.2, 0.25) is 0 Å². The van der Waals surface area contributed by atoms with Crippen LogP contribution in [0.1, 0.15) is 16.9 Å². The van der Waals surface area contributed by atoms with Crippen LogP contribution in [0.3, 0.4) is 0 Å². The van der Waals surface area contributed by atoms with E-state index in [1.165, 1.54) is 11.3 Å². The fraction of sp³-hybridized carbons (Fsp3) is 0.500. The van der Waals surface area contributed by atoms with Crippen molar-refractivity contribution >= 4 is 22.2 Å². The van der Waals surface area contributed by atoms with E-state index in [2.05, 4.69) is 4.98 Å². The third kappa shape index (κ3) is 2.24. The zero-order valence-corrected chi connectivity index (χ0v) is 11.1. The lowest BCUT2D eigenvalue weighted by Gasteiger charge is -2.34. The molecule has 0 aliphatic carbocycles. The van der Waals surface area contributed by atoms with E-state index in [1.54, 1.807) is 11.1 Å². The third-order valence-corrected chi connectivity index (χ3v) is 4.33. The highest BCUT2D eigenvalue weighted by Gasteiger charge is 2.30. The van der Waals surface area contributed by atoms with Gasteiger partial charge in [0, 0.05) is 43.4 Å². The summed E-state index contributed by atoms with van der Waals surface area (Å²) in [5.74, 6) is -0.291. The van der Waals surface area contributed by atoms with Crippen LogP contribution in [0.5, 0.6) is 0 Å². The molecular formula is C12H15N3O3S. The maximum Gasteiger partial charge on any atom is 0.274 e. The number of piperidine rings is 1. The topological polar surface area (TPSA) is 78.1 Å². The molecule has 2 N–H and O–H groups in total. The second-order valence-electron chi connectivity index (χ2n) is 4.77. The number of aliphatic hydroxyl groups excluding tert-OH is 2. The van der Waals surface area contributed by atoms with Gasteiger partial charge in [-0.25, -0.2) is 4.98 Å².